The molecule has 1 aliphatic heterocycles. The molecule has 1 aromatic heterocycles. The lowest BCUT2D eigenvalue weighted by Gasteiger charge is -2.35. The molecule has 8 heteroatoms. The van der Waals surface area contributed by atoms with Crippen molar-refractivity contribution in [3.63, 3.8) is 0 Å². The molecule has 1 aromatic carbocycles. The van der Waals surface area contributed by atoms with Crippen LogP contribution in [0.4, 0.5) is 0 Å². The molecule has 0 spiro atoms. The number of hydrogen-bond donors (Lipinski definition) is 1. The summed E-state index contributed by atoms with van der Waals surface area (Å²) in [5.41, 5.74) is 2.60. The molecule has 0 amide bonds. The minimum absolute atomic E-state index is 0. The zero-order chi connectivity index (χ0) is 18.9. The number of benzene rings is 1. The Kier molecular flexibility index (Phi) is 6.88. The summed E-state index contributed by atoms with van der Waals surface area (Å²) in [5, 5.41) is 8.66. The Morgan fingerprint density at radius 3 is 2.89 bits per heavy atom. The highest BCUT2D eigenvalue weighted by molar-refractivity contribution is 14.0. The van der Waals surface area contributed by atoms with E-state index >= 15 is 0 Å². The predicted molar refractivity (Wildman–Crippen MR) is 123 cm³/mol. The fourth-order valence-electron chi connectivity index (χ4n) is 3.77. The third kappa shape index (κ3) is 4.63. The van der Waals surface area contributed by atoms with Crippen LogP contribution in [0, 0.1) is 0 Å². The first-order valence-electron chi connectivity index (χ1n) is 9.41. The van der Waals surface area contributed by atoms with E-state index in [0.29, 0.717) is 6.61 Å². The van der Waals surface area contributed by atoms with Gasteiger partial charge in [0.05, 0.1) is 19.3 Å². The number of morpholine rings is 1. The van der Waals surface area contributed by atoms with Crippen molar-refractivity contribution in [2.45, 2.75) is 24.4 Å². The van der Waals surface area contributed by atoms with Crippen molar-refractivity contribution in [2.75, 3.05) is 33.3 Å². The number of nitrogens with zero attached hydrogens (tertiary/aromatic N) is 4. The molecule has 152 valence electrons. The van der Waals surface area contributed by atoms with E-state index in [-0.39, 0.29) is 35.5 Å². The summed E-state index contributed by atoms with van der Waals surface area (Å²) in [5.74, 6) is 0.931. The number of halogens is 2. The van der Waals surface area contributed by atoms with Crippen LogP contribution in [0.1, 0.15) is 30.1 Å². The largest absolute Gasteiger partial charge is 0.370 e. The number of guanidine groups is 1. The summed E-state index contributed by atoms with van der Waals surface area (Å²) < 4.78 is 7.76. The number of hydrogen-bond acceptors (Lipinski definition) is 3. The Morgan fingerprint density at radius 1 is 1.43 bits per heavy atom. The van der Waals surface area contributed by atoms with Crippen molar-refractivity contribution in [2.24, 2.45) is 12.0 Å². The topological polar surface area (TPSA) is 54.7 Å². The molecule has 1 saturated carbocycles. The van der Waals surface area contributed by atoms with Gasteiger partial charge in [-0.15, -0.1) is 24.0 Å². The van der Waals surface area contributed by atoms with E-state index in [9.17, 15) is 0 Å². The third-order valence-electron chi connectivity index (χ3n) is 5.55. The molecule has 1 unspecified atom stereocenters. The van der Waals surface area contributed by atoms with Gasteiger partial charge in [-0.05, 0) is 30.5 Å². The van der Waals surface area contributed by atoms with Crippen LogP contribution in [-0.4, -0.2) is 53.9 Å². The van der Waals surface area contributed by atoms with Crippen LogP contribution in [-0.2, 0) is 17.2 Å². The normalized spacial score (nSPS) is 21.2. The van der Waals surface area contributed by atoms with Crippen LogP contribution in [0.25, 0.3) is 0 Å². The molecule has 2 heterocycles. The second-order valence-electron chi connectivity index (χ2n) is 7.44. The Morgan fingerprint density at radius 2 is 2.25 bits per heavy atom. The molecule has 1 atom stereocenters. The van der Waals surface area contributed by atoms with Gasteiger partial charge in [0.1, 0.15) is 6.10 Å². The minimum Gasteiger partial charge on any atom is -0.370 e. The van der Waals surface area contributed by atoms with Gasteiger partial charge in [-0.25, -0.2) is 0 Å². The number of ether oxygens (including phenoxy) is 1. The second kappa shape index (κ2) is 9.00. The summed E-state index contributed by atoms with van der Waals surface area (Å²) in [4.78, 5) is 6.79. The number of aliphatic imine (C=N–C) groups is 1. The van der Waals surface area contributed by atoms with Crippen LogP contribution < -0.4 is 5.32 Å². The number of aromatic nitrogens is 2. The number of aryl methyl sites for hydroxylation is 1. The third-order valence-corrected chi connectivity index (χ3v) is 5.78. The monoisotopic (exact) mass is 515 g/mol. The lowest BCUT2D eigenvalue weighted by atomic mass is 9.96. The maximum Gasteiger partial charge on any atom is 0.193 e. The summed E-state index contributed by atoms with van der Waals surface area (Å²) in [7, 11) is 3.77. The Balaban J connectivity index is 0.00000225. The number of rotatable bonds is 4. The molecular formula is C20H27ClIN5O. The van der Waals surface area contributed by atoms with Crippen molar-refractivity contribution in [3.8, 4) is 0 Å². The molecule has 2 fully saturated rings. The highest BCUT2D eigenvalue weighted by atomic mass is 127. The standard InChI is InChI=1S/C20H26ClN5O.HI/c1-22-19(23-14-20(6-7-20)16-4-3-5-17(21)10-16)26-8-9-27-18(13-26)15-11-24-25(2)12-15;/h3-5,10-12,18H,6-9,13-14H2,1-2H3,(H,22,23);1H. The predicted octanol–water partition coefficient (Wildman–Crippen LogP) is 3.37. The highest BCUT2D eigenvalue weighted by Crippen LogP contribution is 2.48. The van der Waals surface area contributed by atoms with Crippen LogP contribution in [0.15, 0.2) is 41.7 Å². The molecule has 0 bridgehead atoms. The first kappa shape index (κ1) is 21.4. The van der Waals surface area contributed by atoms with Gasteiger partial charge in [-0.1, -0.05) is 23.7 Å². The quantitative estimate of drug-likeness (QED) is 0.385. The van der Waals surface area contributed by atoms with E-state index in [2.05, 4.69) is 32.4 Å². The van der Waals surface area contributed by atoms with E-state index in [4.69, 9.17) is 16.3 Å². The maximum atomic E-state index is 6.19. The van der Waals surface area contributed by atoms with Gasteiger partial charge in [0.15, 0.2) is 5.96 Å². The van der Waals surface area contributed by atoms with Gasteiger partial charge < -0.3 is 15.0 Å². The summed E-state index contributed by atoms with van der Waals surface area (Å²) in [6.07, 6.45) is 6.27. The molecule has 1 aliphatic carbocycles. The average molecular weight is 516 g/mol. The van der Waals surface area contributed by atoms with Gasteiger partial charge in [0.25, 0.3) is 0 Å². The maximum absolute atomic E-state index is 6.19. The van der Waals surface area contributed by atoms with Gasteiger partial charge in [0, 0.05) is 49.4 Å². The van der Waals surface area contributed by atoms with E-state index in [1.165, 1.54) is 18.4 Å². The summed E-state index contributed by atoms with van der Waals surface area (Å²) >= 11 is 6.19. The van der Waals surface area contributed by atoms with Crippen molar-refractivity contribution < 1.29 is 4.74 Å². The fraction of sp³-hybridized carbons (Fsp3) is 0.500. The van der Waals surface area contributed by atoms with E-state index in [1.807, 2.05) is 43.3 Å². The molecule has 1 N–H and O–H groups in total. The first-order valence-corrected chi connectivity index (χ1v) is 9.79. The zero-order valence-corrected chi connectivity index (χ0v) is 19.4. The zero-order valence-electron chi connectivity index (χ0n) is 16.3. The summed E-state index contributed by atoms with van der Waals surface area (Å²) in [6, 6.07) is 8.23. The van der Waals surface area contributed by atoms with Crippen molar-refractivity contribution in [1.29, 1.82) is 0 Å². The van der Waals surface area contributed by atoms with Gasteiger partial charge >= 0.3 is 0 Å². The van der Waals surface area contributed by atoms with Crippen molar-refractivity contribution >= 4 is 41.5 Å². The van der Waals surface area contributed by atoms with E-state index in [1.54, 1.807) is 0 Å². The molecule has 28 heavy (non-hydrogen) atoms. The molecule has 0 radical (unpaired) electrons. The molecule has 2 aliphatic rings. The highest BCUT2D eigenvalue weighted by Gasteiger charge is 2.44. The molecule has 6 nitrogen and oxygen atoms in total. The molecular weight excluding hydrogens is 489 g/mol. The average Bonchev–Trinajstić information content (AvgIpc) is 3.35. The SMILES string of the molecule is CN=C(NCC1(c2cccc(Cl)c2)CC1)N1CCOC(c2cnn(C)c2)C1.I. The minimum atomic E-state index is 0. The van der Waals surface area contributed by atoms with Gasteiger partial charge in [0.2, 0.25) is 0 Å². The van der Waals surface area contributed by atoms with Gasteiger partial charge in [-0.3, -0.25) is 9.67 Å². The van der Waals surface area contributed by atoms with Gasteiger partial charge in [-0.2, -0.15) is 5.10 Å². The van der Waals surface area contributed by atoms with Crippen LogP contribution in [0.5, 0.6) is 0 Å². The van der Waals surface area contributed by atoms with E-state index < -0.39 is 0 Å². The molecule has 4 rings (SSSR count). The van der Waals surface area contributed by atoms with Crippen LogP contribution in [0.3, 0.4) is 0 Å². The second-order valence-corrected chi connectivity index (χ2v) is 7.88. The molecule has 2 aromatic rings. The lowest BCUT2D eigenvalue weighted by molar-refractivity contribution is -0.00805. The van der Waals surface area contributed by atoms with Crippen molar-refractivity contribution in [3.05, 3.63) is 52.8 Å². The smallest absolute Gasteiger partial charge is 0.193 e. The Hall–Kier alpha value is -1.32. The van der Waals surface area contributed by atoms with E-state index in [0.717, 1.165) is 36.2 Å². The first-order chi connectivity index (χ1) is 13.1. The number of nitrogens with one attached hydrogen (secondary N) is 1. The summed E-state index contributed by atoms with van der Waals surface area (Å²) in [6.45, 7) is 3.16. The Bertz CT molecular complexity index is 836. The molecule has 1 saturated heterocycles. The lowest BCUT2D eigenvalue weighted by Crippen LogP contribution is -2.49. The fourth-order valence-corrected chi connectivity index (χ4v) is 3.96. The Labute approximate surface area is 188 Å². The van der Waals surface area contributed by atoms with Crippen LogP contribution >= 0.6 is 35.6 Å². The van der Waals surface area contributed by atoms with Crippen LogP contribution in [0.2, 0.25) is 5.02 Å². The van der Waals surface area contributed by atoms with Crippen molar-refractivity contribution in [1.82, 2.24) is 20.0 Å².